The molecule has 0 amide bonds. The van der Waals surface area contributed by atoms with E-state index in [2.05, 4.69) is 26.0 Å². The average molecular weight is 481 g/mol. The lowest BCUT2D eigenvalue weighted by atomic mass is 9.95. The van der Waals surface area contributed by atoms with Crippen LogP contribution in [0.15, 0.2) is 71.1 Å². The minimum absolute atomic E-state index is 0.337. The Bertz CT molecular complexity index is 1290. The molecule has 186 valence electrons. The zero-order valence-electron chi connectivity index (χ0n) is 22.1. The van der Waals surface area contributed by atoms with Crippen LogP contribution < -0.4 is 11.5 Å². The Balaban J connectivity index is 2.09. The highest BCUT2D eigenvalue weighted by Gasteiger charge is 2.15. The molecule has 6 heteroatoms. The summed E-state index contributed by atoms with van der Waals surface area (Å²) >= 11 is 0. The van der Waals surface area contributed by atoms with Crippen LogP contribution in [0, 0.1) is 24.7 Å². The summed E-state index contributed by atoms with van der Waals surface area (Å²) in [5.74, 6) is 0. The Kier molecular flexibility index (Phi) is 8.20. The highest BCUT2D eigenvalue weighted by molar-refractivity contribution is 6.10. The Morgan fingerprint density at radius 2 is 1.08 bits per heavy atom. The van der Waals surface area contributed by atoms with Crippen molar-refractivity contribution < 1.29 is 0 Å². The highest BCUT2D eigenvalue weighted by Crippen LogP contribution is 2.31. The molecular weight excluding hydrogens is 444 g/mol. The van der Waals surface area contributed by atoms with Gasteiger partial charge in [0.2, 0.25) is 0 Å². The minimum Gasteiger partial charge on any atom is -0.402 e. The maximum absolute atomic E-state index is 8.59. The number of hydrogen-bond acceptors (Lipinski definition) is 6. The first-order valence-electron chi connectivity index (χ1n) is 12.2. The van der Waals surface area contributed by atoms with Crippen molar-refractivity contribution >= 4 is 11.4 Å². The van der Waals surface area contributed by atoms with Crippen LogP contribution in [0.3, 0.4) is 0 Å². The molecule has 0 saturated carbocycles. The lowest BCUT2D eigenvalue weighted by molar-refractivity contribution is 1.04. The first-order valence-corrected chi connectivity index (χ1v) is 12.2. The molecule has 1 aromatic carbocycles. The number of aromatic nitrogens is 2. The predicted octanol–water partition coefficient (Wildman–Crippen LogP) is 6.45. The molecular formula is C30H36N6. The highest BCUT2D eigenvalue weighted by atomic mass is 14.8. The summed E-state index contributed by atoms with van der Waals surface area (Å²) in [6.45, 7) is 11.8. The van der Waals surface area contributed by atoms with Crippen LogP contribution in [-0.4, -0.2) is 21.4 Å². The number of hydrogen-bond donors (Lipinski definition) is 4. The van der Waals surface area contributed by atoms with Crippen molar-refractivity contribution in [2.45, 2.75) is 54.4 Å². The van der Waals surface area contributed by atoms with Crippen molar-refractivity contribution in [3.63, 3.8) is 0 Å². The fourth-order valence-electron chi connectivity index (χ4n) is 4.09. The van der Waals surface area contributed by atoms with Crippen LogP contribution in [0.2, 0.25) is 0 Å². The predicted molar refractivity (Wildman–Crippen MR) is 150 cm³/mol. The fraction of sp³-hybridized carbons (Fsp3) is 0.267. The maximum Gasteiger partial charge on any atom is 0.0889 e. The maximum atomic E-state index is 8.59. The average Bonchev–Trinajstić information content (AvgIpc) is 2.90. The van der Waals surface area contributed by atoms with Gasteiger partial charge in [-0.1, -0.05) is 32.0 Å². The van der Waals surface area contributed by atoms with Crippen LogP contribution >= 0.6 is 0 Å². The van der Waals surface area contributed by atoms with Crippen molar-refractivity contribution in [1.29, 1.82) is 10.8 Å². The number of nitrogens with two attached hydrogens (primary N) is 2. The summed E-state index contributed by atoms with van der Waals surface area (Å²) in [4.78, 5) is 9.63. The van der Waals surface area contributed by atoms with Gasteiger partial charge in [-0.15, -0.1) is 0 Å². The van der Waals surface area contributed by atoms with E-state index in [0.717, 1.165) is 44.8 Å². The molecule has 0 aliphatic carbocycles. The van der Waals surface area contributed by atoms with Crippen molar-refractivity contribution in [2.24, 2.45) is 11.5 Å². The number of pyridine rings is 2. The van der Waals surface area contributed by atoms with E-state index in [1.165, 1.54) is 0 Å². The van der Waals surface area contributed by atoms with E-state index in [4.69, 9.17) is 32.3 Å². The normalized spacial score (nSPS) is 12.6. The Labute approximate surface area is 214 Å². The van der Waals surface area contributed by atoms with Gasteiger partial charge in [0.25, 0.3) is 0 Å². The van der Waals surface area contributed by atoms with Crippen LogP contribution in [0.5, 0.6) is 0 Å². The summed E-state index contributed by atoms with van der Waals surface area (Å²) in [5, 5.41) is 17.2. The second kappa shape index (κ2) is 11.1. The lowest BCUT2D eigenvalue weighted by Crippen LogP contribution is -2.11. The number of rotatable bonds is 8. The molecule has 2 heterocycles. The lowest BCUT2D eigenvalue weighted by Gasteiger charge is -2.14. The number of benzene rings is 1. The van der Waals surface area contributed by atoms with Crippen LogP contribution in [0.25, 0.3) is 22.5 Å². The van der Waals surface area contributed by atoms with Crippen molar-refractivity contribution in [1.82, 2.24) is 9.97 Å². The molecule has 6 N–H and O–H groups in total. The minimum atomic E-state index is 0.337. The van der Waals surface area contributed by atoms with Gasteiger partial charge in [0.15, 0.2) is 0 Å². The van der Waals surface area contributed by atoms with Gasteiger partial charge in [-0.3, -0.25) is 10.8 Å². The van der Waals surface area contributed by atoms with Crippen LogP contribution in [0.4, 0.5) is 0 Å². The summed E-state index contributed by atoms with van der Waals surface area (Å²) in [6.07, 6.45) is 1.39. The molecule has 0 saturated heterocycles. The molecule has 2 aromatic heterocycles. The molecule has 0 aliphatic heterocycles. The van der Waals surface area contributed by atoms with Crippen LogP contribution in [0.1, 0.15) is 63.1 Å². The van der Waals surface area contributed by atoms with Gasteiger partial charge in [-0.25, -0.2) is 9.97 Å². The van der Waals surface area contributed by atoms with E-state index < -0.39 is 0 Å². The SMILES string of the molecule is CCC(N)=C(C)C(=N)c1cccc(-c2cc(-c3cccc(C(=N)C(C)=C(N)CC)n3)c(C)cc2C)n1. The number of aryl methyl sites for hydroxylation is 2. The molecule has 0 spiro atoms. The van der Waals surface area contributed by atoms with Gasteiger partial charge in [-0.2, -0.15) is 0 Å². The molecule has 0 atom stereocenters. The molecule has 3 rings (SSSR count). The third-order valence-electron chi connectivity index (χ3n) is 6.61. The van der Waals surface area contributed by atoms with E-state index in [-0.39, 0.29) is 0 Å². The van der Waals surface area contributed by atoms with Gasteiger partial charge < -0.3 is 11.5 Å². The monoisotopic (exact) mass is 480 g/mol. The molecule has 3 aromatic rings. The Hall–Kier alpha value is -4.06. The molecule has 0 bridgehead atoms. The third kappa shape index (κ3) is 5.43. The Morgan fingerprint density at radius 1 is 0.694 bits per heavy atom. The number of nitrogens with zero attached hydrogens (tertiary/aromatic N) is 2. The zero-order chi connectivity index (χ0) is 26.6. The molecule has 6 nitrogen and oxygen atoms in total. The summed E-state index contributed by atoms with van der Waals surface area (Å²) < 4.78 is 0. The van der Waals surface area contributed by atoms with Crippen LogP contribution in [-0.2, 0) is 0 Å². The summed E-state index contributed by atoms with van der Waals surface area (Å²) in [6, 6.07) is 15.7. The second-order valence-electron chi connectivity index (χ2n) is 9.06. The second-order valence-corrected chi connectivity index (χ2v) is 9.06. The van der Waals surface area contributed by atoms with E-state index >= 15 is 0 Å². The van der Waals surface area contributed by atoms with E-state index in [1.807, 2.05) is 64.1 Å². The van der Waals surface area contributed by atoms with E-state index in [9.17, 15) is 0 Å². The zero-order valence-corrected chi connectivity index (χ0v) is 22.1. The first-order chi connectivity index (χ1) is 17.1. The van der Waals surface area contributed by atoms with Gasteiger partial charge >= 0.3 is 0 Å². The third-order valence-corrected chi connectivity index (χ3v) is 6.61. The molecule has 0 fully saturated rings. The van der Waals surface area contributed by atoms with Gasteiger partial charge in [-0.05, 0) is 93.1 Å². The van der Waals surface area contributed by atoms with E-state index in [0.29, 0.717) is 47.0 Å². The largest absolute Gasteiger partial charge is 0.402 e. The number of allylic oxidation sites excluding steroid dienone is 4. The first kappa shape index (κ1) is 26.5. The van der Waals surface area contributed by atoms with Crippen molar-refractivity contribution in [3.05, 3.63) is 93.6 Å². The summed E-state index contributed by atoms with van der Waals surface area (Å²) in [5.41, 5.74) is 22.6. The summed E-state index contributed by atoms with van der Waals surface area (Å²) in [7, 11) is 0. The van der Waals surface area contributed by atoms with Gasteiger partial charge in [0, 0.05) is 22.5 Å². The smallest absolute Gasteiger partial charge is 0.0889 e. The fourth-order valence-corrected chi connectivity index (χ4v) is 4.09. The van der Waals surface area contributed by atoms with E-state index in [1.54, 1.807) is 0 Å². The number of nitrogens with one attached hydrogen (secondary N) is 2. The van der Waals surface area contributed by atoms with Gasteiger partial charge in [0.1, 0.15) is 0 Å². The van der Waals surface area contributed by atoms with Crippen molar-refractivity contribution in [2.75, 3.05) is 0 Å². The molecule has 0 radical (unpaired) electrons. The molecule has 0 unspecified atom stereocenters. The van der Waals surface area contributed by atoms with Crippen molar-refractivity contribution in [3.8, 4) is 22.5 Å². The molecule has 0 aliphatic rings. The Morgan fingerprint density at radius 3 is 1.44 bits per heavy atom. The molecule has 36 heavy (non-hydrogen) atoms. The van der Waals surface area contributed by atoms with Gasteiger partial charge in [0.05, 0.1) is 34.2 Å². The topological polar surface area (TPSA) is 126 Å². The standard InChI is InChI=1S/C30H36N6/c1-7-23(31)19(5)29(33)27-13-9-11-25(35-27)21-16-22(18(4)15-17(21)3)26-12-10-14-28(36-26)30(34)20(6)24(32)8-2/h9-16,33-34H,7-8,31-32H2,1-6H3. The quantitative estimate of drug-likeness (QED) is 0.276.